The van der Waals surface area contributed by atoms with Gasteiger partial charge in [0, 0.05) is 18.4 Å². The minimum Gasteiger partial charge on any atom is -0.351 e. The number of hydrogen-bond donors (Lipinski definition) is 1. The van der Waals surface area contributed by atoms with Crippen LogP contribution < -0.4 is 5.32 Å². The first kappa shape index (κ1) is 13.3. The highest BCUT2D eigenvalue weighted by molar-refractivity contribution is 5.95. The number of aromatic nitrogens is 1. The van der Waals surface area contributed by atoms with Crippen LogP contribution in [0.5, 0.6) is 0 Å². The van der Waals surface area contributed by atoms with Crippen LogP contribution in [0.2, 0.25) is 0 Å². The van der Waals surface area contributed by atoms with E-state index >= 15 is 0 Å². The number of nitrogens with zero attached hydrogens (tertiary/aromatic N) is 1. The lowest BCUT2D eigenvalue weighted by molar-refractivity contribution is -0.0503. The largest absolute Gasteiger partial charge is 0.351 e. The highest BCUT2D eigenvalue weighted by Crippen LogP contribution is 2.59. The normalized spacial score (nSPS) is 36.7. The zero-order valence-electron chi connectivity index (χ0n) is 12.8. The third-order valence-corrected chi connectivity index (χ3v) is 6.04. The summed E-state index contributed by atoms with van der Waals surface area (Å²) in [5.74, 6) is 2.87. The van der Waals surface area contributed by atoms with Crippen LogP contribution in [-0.2, 0) is 0 Å². The SMILES string of the molecule is Cc1ncccc1C(=O)NCC12CC3CC(CC(C3)C1)C2. The second-order valence-electron chi connectivity index (χ2n) is 7.74. The molecule has 4 aliphatic rings. The Labute approximate surface area is 126 Å². The molecule has 3 heteroatoms. The fourth-order valence-electron chi connectivity index (χ4n) is 5.59. The van der Waals surface area contributed by atoms with Gasteiger partial charge >= 0.3 is 0 Å². The van der Waals surface area contributed by atoms with Crippen molar-refractivity contribution in [3.8, 4) is 0 Å². The lowest BCUT2D eigenvalue weighted by Crippen LogP contribution is -2.51. The fourth-order valence-corrected chi connectivity index (χ4v) is 5.59. The van der Waals surface area contributed by atoms with Gasteiger partial charge in [0.25, 0.3) is 5.91 Å². The van der Waals surface area contributed by atoms with Gasteiger partial charge in [-0.25, -0.2) is 0 Å². The quantitative estimate of drug-likeness (QED) is 0.925. The van der Waals surface area contributed by atoms with Crippen molar-refractivity contribution in [2.45, 2.75) is 45.4 Å². The molecule has 1 aromatic heterocycles. The number of nitrogens with one attached hydrogen (secondary N) is 1. The van der Waals surface area contributed by atoms with E-state index < -0.39 is 0 Å². The number of carbonyl (C=O) groups is 1. The van der Waals surface area contributed by atoms with Crippen molar-refractivity contribution in [2.24, 2.45) is 23.2 Å². The molecule has 0 atom stereocenters. The van der Waals surface area contributed by atoms with E-state index in [1.54, 1.807) is 6.20 Å². The lowest BCUT2D eigenvalue weighted by Gasteiger charge is -2.56. The van der Waals surface area contributed by atoms with Crippen LogP contribution in [0.15, 0.2) is 18.3 Å². The van der Waals surface area contributed by atoms with Gasteiger partial charge in [-0.15, -0.1) is 0 Å². The van der Waals surface area contributed by atoms with Crippen LogP contribution in [-0.4, -0.2) is 17.4 Å². The molecule has 1 amide bonds. The first-order valence-corrected chi connectivity index (χ1v) is 8.33. The molecule has 5 rings (SSSR count). The number of carbonyl (C=O) groups excluding carboxylic acids is 1. The molecule has 1 aromatic rings. The Hall–Kier alpha value is -1.38. The molecule has 3 nitrogen and oxygen atoms in total. The van der Waals surface area contributed by atoms with Gasteiger partial charge < -0.3 is 5.32 Å². The van der Waals surface area contributed by atoms with Gasteiger partial charge in [-0.2, -0.15) is 0 Å². The highest BCUT2D eigenvalue weighted by Gasteiger charge is 2.50. The monoisotopic (exact) mass is 284 g/mol. The molecule has 0 unspecified atom stereocenters. The van der Waals surface area contributed by atoms with Crippen molar-refractivity contribution in [1.82, 2.24) is 10.3 Å². The van der Waals surface area contributed by atoms with Gasteiger partial charge in [-0.05, 0) is 80.8 Å². The molecule has 21 heavy (non-hydrogen) atoms. The third-order valence-electron chi connectivity index (χ3n) is 6.04. The minimum absolute atomic E-state index is 0.0522. The Bertz CT molecular complexity index is 531. The van der Waals surface area contributed by atoms with Crippen molar-refractivity contribution in [2.75, 3.05) is 6.54 Å². The second-order valence-corrected chi connectivity index (χ2v) is 7.74. The average Bonchev–Trinajstić information content (AvgIpc) is 2.44. The molecule has 4 fully saturated rings. The van der Waals surface area contributed by atoms with Crippen molar-refractivity contribution in [1.29, 1.82) is 0 Å². The zero-order valence-corrected chi connectivity index (χ0v) is 12.8. The van der Waals surface area contributed by atoms with Crippen molar-refractivity contribution in [3.05, 3.63) is 29.6 Å². The Morgan fingerprint density at radius 2 is 1.86 bits per heavy atom. The summed E-state index contributed by atoms with van der Waals surface area (Å²) in [7, 11) is 0. The lowest BCUT2D eigenvalue weighted by atomic mass is 9.49. The van der Waals surface area contributed by atoms with Crippen LogP contribution in [0.3, 0.4) is 0 Å². The van der Waals surface area contributed by atoms with E-state index in [0.717, 1.165) is 35.6 Å². The molecule has 0 aliphatic heterocycles. The summed E-state index contributed by atoms with van der Waals surface area (Å²) in [4.78, 5) is 16.6. The maximum absolute atomic E-state index is 12.4. The Morgan fingerprint density at radius 1 is 1.24 bits per heavy atom. The van der Waals surface area contributed by atoms with E-state index in [0.29, 0.717) is 5.41 Å². The van der Waals surface area contributed by atoms with E-state index in [4.69, 9.17) is 0 Å². The number of aryl methyl sites for hydroxylation is 1. The number of hydrogen-bond acceptors (Lipinski definition) is 2. The van der Waals surface area contributed by atoms with Crippen molar-refractivity contribution < 1.29 is 4.79 Å². The van der Waals surface area contributed by atoms with Crippen LogP contribution >= 0.6 is 0 Å². The molecule has 0 spiro atoms. The van der Waals surface area contributed by atoms with Crippen molar-refractivity contribution >= 4 is 5.91 Å². The summed E-state index contributed by atoms with van der Waals surface area (Å²) in [5.41, 5.74) is 1.95. The first-order chi connectivity index (χ1) is 10.1. The molecule has 1 heterocycles. The van der Waals surface area contributed by atoms with Gasteiger partial charge in [-0.1, -0.05) is 0 Å². The first-order valence-electron chi connectivity index (χ1n) is 8.33. The summed E-state index contributed by atoms with van der Waals surface area (Å²) in [6.07, 6.45) is 10.1. The minimum atomic E-state index is 0.0522. The second kappa shape index (κ2) is 4.82. The molecule has 4 bridgehead atoms. The zero-order chi connectivity index (χ0) is 14.4. The summed E-state index contributed by atoms with van der Waals surface area (Å²) in [5, 5.41) is 3.22. The highest BCUT2D eigenvalue weighted by atomic mass is 16.1. The van der Waals surface area contributed by atoms with Gasteiger partial charge in [0.05, 0.1) is 5.56 Å². The van der Waals surface area contributed by atoms with E-state index in [9.17, 15) is 4.79 Å². The van der Waals surface area contributed by atoms with E-state index in [1.165, 1.54) is 38.5 Å². The smallest absolute Gasteiger partial charge is 0.253 e. The predicted molar refractivity (Wildman–Crippen MR) is 81.9 cm³/mol. The number of rotatable bonds is 3. The molecular weight excluding hydrogens is 260 g/mol. The van der Waals surface area contributed by atoms with E-state index in [-0.39, 0.29) is 5.91 Å². The molecule has 0 radical (unpaired) electrons. The average molecular weight is 284 g/mol. The molecule has 4 saturated carbocycles. The Morgan fingerprint density at radius 3 is 2.43 bits per heavy atom. The summed E-state index contributed by atoms with van der Waals surface area (Å²) >= 11 is 0. The third kappa shape index (κ3) is 2.37. The topological polar surface area (TPSA) is 42.0 Å². The standard InChI is InChI=1S/C18H24N2O/c1-12-16(3-2-4-19-12)17(21)20-11-18-8-13-5-14(9-18)7-15(6-13)10-18/h2-4,13-15H,5-11H2,1H3,(H,20,21). The van der Waals surface area contributed by atoms with Gasteiger partial charge in [0.2, 0.25) is 0 Å². The summed E-state index contributed by atoms with van der Waals surface area (Å²) < 4.78 is 0. The predicted octanol–water partition coefficient (Wildman–Crippen LogP) is 3.34. The number of pyridine rings is 1. The molecule has 0 aromatic carbocycles. The summed E-state index contributed by atoms with van der Waals surface area (Å²) in [6.45, 7) is 2.77. The van der Waals surface area contributed by atoms with Crippen LogP contribution in [0, 0.1) is 30.1 Å². The Balaban J connectivity index is 1.45. The van der Waals surface area contributed by atoms with Crippen LogP contribution in [0.1, 0.15) is 54.6 Å². The van der Waals surface area contributed by atoms with Gasteiger partial charge in [0.15, 0.2) is 0 Å². The van der Waals surface area contributed by atoms with Crippen LogP contribution in [0.25, 0.3) is 0 Å². The van der Waals surface area contributed by atoms with Gasteiger partial charge in [-0.3, -0.25) is 9.78 Å². The molecule has 0 saturated heterocycles. The number of amides is 1. The maximum atomic E-state index is 12.4. The van der Waals surface area contributed by atoms with Crippen molar-refractivity contribution in [3.63, 3.8) is 0 Å². The molecule has 4 aliphatic carbocycles. The Kier molecular flexibility index (Phi) is 3.05. The fraction of sp³-hybridized carbons (Fsp3) is 0.667. The molecule has 112 valence electrons. The molecule has 1 N–H and O–H groups in total. The summed E-state index contributed by atoms with van der Waals surface area (Å²) in [6, 6.07) is 3.71. The molecular formula is C18H24N2O. The van der Waals surface area contributed by atoms with E-state index in [1.807, 2.05) is 19.1 Å². The van der Waals surface area contributed by atoms with Gasteiger partial charge in [0.1, 0.15) is 0 Å². The maximum Gasteiger partial charge on any atom is 0.253 e. The van der Waals surface area contributed by atoms with E-state index in [2.05, 4.69) is 10.3 Å². The van der Waals surface area contributed by atoms with Crippen LogP contribution in [0.4, 0.5) is 0 Å².